The molecule has 7 nitrogen and oxygen atoms in total. The summed E-state index contributed by atoms with van der Waals surface area (Å²) in [5, 5.41) is 12.4. The van der Waals surface area contributed by atoms with Crippen LogP contribution in [-0.2, 0) is 4.79 Å². The van der Waals surface area contributed by atoms with Gasteiger partial charge in [-0.15, -0.1) is 10.2 Å². The number of benzene rings is 3. The molecular formula is C27H28N4O3S. The van der Waals surface area contributed by atoms with E-state index in [2.05, 4.69) is 15.5 Å². The van der Waals surface area contributed by atoms with E-state index < -0.39 is 6.10 Å². The summed E-state index contributed by atoms with van der Waals surface area (Å²) in [6.45, 7) is 5.93. The van der Waals surface area contributed by atoms with Crippen LogP contribution in [0.5, 0.6) is 11.5 Å². The van der Waals surface area contributed by atoms with Gasteiger partial charge in [0.25, 0.3) is 0 Å². The molecule has 3 aromatic carbocycles. The Morgan fingerprint density at radius 1 is 1.00 bits per heavy atom. The summed E-state index contributed by atoms with van der Waals surface area (Å²) in [7, 11) is 1.61. The second-order valence-electron chi connectivity index (χ2n) is 8.08. The Morgan fingerprint density at radius 2 is 1.71 bits per heavy atom. The van der Waals surface area contributed by atoms with Crippen molar-refractivity contribution in [2.24, 2.45) is 0 Å². The molecule has 1 amide bonds. The molecule has 4 rings (SSSR count). The number of methoxy groups -OCH3 is 1. The number of thioether (sulfide) groups is 1. The second-order valence-corrected chi connectivity index (χ2v) is 9.02. The van der Waals surface area contributed by atoms with Crippen molar-refractivity contribution < 1.29 is 14.3 Å². The molecule has 1 unspecified atom stereocenters. The lowest BCUT2D eigenvalue weighted by Gasteiger charge is -2.18. The molecule has 0 spiro atoms. The first kappa shape index (κ1) is 24.3. The Hall–Kier alpha value is -3.78. The molecule has 0 aliphatic carbocycles. The Kier molecular flexibility index (Phi) is 7.72. The van der Waals surface area contributed by atoms with Crippen LogP contribution in [0.15, 0.2) is 78.0 Å². The second kappa shape index (κ2) is 11.1. The van der Waals surface area contributed by atoms with Gasteiger partial charge in [0.15, 0.2) is 28.6 Å². The Morgan fingerprint density at radius 3 is 2.43 bits per heavy atom. The van der Waals surface area contributed by atoms with Crippen LogP contribution >= 0.6 is 11.8 Å². The molecule has 1 aromatic heterocycles. The van der Waals surface area contributed by atoms with Gasteiger partial charge in [-0.05, 0) is 56.7 Å². The monoisotopic (exact) mass is 488 g/mol. The van der Waals surface area contributed by atoms with E-state index in [-0.39, 0.29) is 11.7 Å². The van der Waals surface area contributed by atoms with Crippen molar-refractivity contribution in [3.63, 3.8) is 0 Å². The number of amides is 1. The molecule has 0 aliphatic heterocycles. The number of carbonyl (C=O) groups is 1. The highest BCUT2D eigenvalue weighted by Gasteiger charge is 2.22. The zero-order valence-corrected chi connectivity index (χ0v) is 21.0. The molecule has 1 N–H and O–H groups in total. The fourth-order valence-electron chi connectivity index (χ4n) is 3.69. The van der Waals surface area contributed by atoms with Crippen molar-refractivity contribution in [3.05, 3.63) is 89.7 Å². The number of ether oxygens (including phenoxy) is 2. The van der Waals surface area contributed by atoms with Crippen LogP contribution < -0.4 is 14.8 Å². The Balaban J connectivity index is 1.55. The molecule has 0 saturated heterocycles. The quantitative estimate of drug-likeness (QED) is 0.302. The highest BCUT2D eigenvalue weighted by molar-refractivity contribution is 7.99. The molecular weight excluding hydrogens is 460 g/mol. The number of nitrogens with one attached hydrogen (secondary N) is 1. The van der Waals surface area contributed by atoms with Gasteiger partial charge in [0.05, 0.1) is 12.9 Å². The molecule has 180 valence electrons. The molecule has 0 fully saturated rings. The van der Waals surface area contributed by atoms with Gasteiger partial charge in [-0.3, -0.25) is 9.36 Å². The van der Waals surface area contributed by atoms with E-state index in [9.17, 15) is 4.79 Å². The Labute approximate surface area is 209 Å². The minimum atomic E-state index is -0.419. The van der Waals surface area contributed by atoms with Crippen molar-refractivity contribution in [3.8, 4) is 17.2 Å². The first-order valence-corrected chi connectivity index (χ1v) is 12.2. The summed E-state index contributed by atoms with van der Waals surface area (Å²) in [6.07, 6.45) is -0.419. The van der Waals surface area contributed by atoms with Gasteiger partial charge in [0.2, 0.25) is 5.91 Å². The molecule has 0 aliphatic rings. The van der Waals surface area contributed by atoms with Crippen molar-refractivity contribution >= 4 is 23.4 Å². The van der Waals surface area contributed by atoms with Gasteiger partial charge in [-0.25, -0.2) is 0 Å². The van der Waals surface area contributed by atoms with Gasteiger partial charge in [0.1, 0.15) is 0 Å². The molecule has 35 heavy (non-hydrogen) atoms. The number of carbonyl (C=O) groups excluding carboxylic acids is 1. The van der Waals surface area contributed by atoms with Gasteiger partial charge in [-0.2, -0.15) is 0 Å². The van der Waals surface area contributed by atoms with E-state index in [1.54, 1.807) is 7.11 Å². The van der Waals surface area contributed by atoms with Crippen molar-refractivity contribution in [1.29, 1.82) is 0 Å². The van der Waals surface area contributed by atoms with Gasteiger partial charge >= 0.3 is 0 Å². The summed E-state index contributed by atoms with van der Waals surface area (Å²) < 4.78 is 13.5. The van der Waals surface area contributed by atoms with Crippen molar-refractivity contribution in [1.82, 2.24) is 14.8 Å². The number of aryl methyl sites for hydroxylation is 2. The predicted molar refractivity (Wildman–Crippen MR) is 139 cm³/mol. The van der Waals surface area contributed by atoms with E-state index in [1.165, 1.54) is 11.8 Å². The van der Waals surface area contributed by atoms with Crippen LogP contribution in [0.4, 0.5) is 5.69 Å². The fourth-order valence-corrected chi connectivity index (χ4v) is 4.45. The summed E-state index contributed by atoms with van der Waals surface area (Å²) in [4.78, 5) is 12.7. The minimum absolute atomic E-state index is 0.107. The molecule has 1 heterocycles. The van der Waals surface area contributed by atoms with Crippen LogP contribution in [0, 0.1) is 13.8 Å². The summed E-state index contributed by atoms with van der Waals surface area (Å²) in [5.74, 6) is 1.97. The number of aromatic nitrogens is 3. The van der Waals surface area contributed by atoms with Crippen molar-refractivity contribution in [2.45, 2.75) is 32.0 Å². The normalized spacial score (nSPS) is 11.7. The maximum atomic E-state index is 12.7. The van der Waals surface area contributed by atoms with E-state index in [0.29, 0.717) is 22.5 Å². The van der Waals surface area contributed by atoms with E-state index >= 15 is 0 Å². The third-order valence-electron chi connectivity index (χ3n) is 5.40. The number of para-hydroxylation sites is 3. The number of anilines is 1. The van der Waals surface area contributed by atoms with Gasteiger partial charge in [-0.1, -0.05) is 59.8 Å². The molecule has 0 bridgehead atoms. The first-order valence-electron chi connectivity index (χ1n) is 11.3. The van der Waals surface area contributed by atoms with Crippen LogP contribution in [0.1, 0.15) is 30.0 Å². The van der Waals surface area contributed by atoms with Crippen molar-refractivity contribution in [2.75, 3.05) is 18.2 Å². The van der Waals surface area contributed by atoms with Gasteiger partial charge in [0, 0.05) is 11.4 Å². The lowest BCUT2D eigenvalue weighted by Crippen LogP contribution is -2.16. The average Bonchev–Trinajstić information content (AvgIpc) is 3.29. The lowest BCUT2D eigenvalue weighted by atomic mass is 10.1. The minimum Gasteiger partial charge on any atom is -0.493 e. The van der Waals surface area contributed by atoms with E-state index in [4.69, 9.17) is 9.47 Å². The molecule has 0 radical (unpaired) electrons. The molecule has 4 aromatic rings. The van der Waals surface area contributed by atoms with Crippen LogP contribution in [0.25, 0.3) is 5.69 Å². The number of hydrogen-bond acceptors (Lipinski definition) is 6. The van der Waals surface area contributed by atoms with Crippen LogP contribution in [-0.4, -0.2) is 33.5 Å². The SMILES string of the molecule is COc1ccccc1OC(C)c1nnc(SCC(=O)Nc2ccc(C)cc2C)n1-c1ccccc1. The zero-order valence-electron chi connectivity index (χ0n) is 20.2. The van der Waals surface area contributed by atoms with E-state index in [0.717, 1.165) is 22.5 Å². The molecule has 0 saturated carbocycles. The summed E-state index contributed by atoms with van der Waals surface area (Å²) >= 11 is 1.33. The summed E-state index contributed by atoms with van der Waals surface area (Å²) in [5.41, 5.74) is 3.88. The largest absolute Gasteiger partial charge is 0.493 e. The predicted octanol–water partition coefficient (Wildman–Crippen LogP) is 5.76. The summed E-state index contributed by atoms with van der Waals surface area (Å²) in [6, 6.07) is 23.2. The number of rotatable bonds is 9. The topological polar surface area (TPSA) is 78.3 Å². The van der Waals surface area contributed by atoms with Gasteiger partial charge < -0.3 is 14.8 Å². The maximum absolute atomic E-state index is 12.7. The Bertz CT molecular complexity index is 1310. The highest BCUT2D eigenvalue weighted by Crippen LogP contribution is 2.32. The highest BCUT2D eigenvalue weighted by atomic mass is 32.2. The third kappa shape index (κ3) is 5.84. The molecule has 8 heteroatoms. The number of hydrogen-bond donors (Lipinski definition) is 1. The third-order valence-corrected chi connectivity index (χ3v) is 6.33. The van der Waals surface area contributed by atoms with Crippen LogP contribution in [0.2, 0.25) is 0 Å². The number of nitrogens with zero attached hydrogens (tertiary/aromatic N) is 3. The smallest absolute Gasteiger partial charge is 0.234 e. The first-order chi connectivity index (χ1) is 17.0. The average molecular weight is 489 g/mol. The van der Waals surface area contributed by atoms with E-state index in [1.807, 2.05) is 98.1 Å². The zero-order chi connectivity index (χ0) is 24.8. The lowest BCUT2D eigenvalue weighted by molar-refractivity contribution is -0.113. The molecule has 1 atom stereocenters. The standard InChI is InChI=1S/C27H28N4O3S/c1-18-14-15-22(19(2)16-18)28-25(32)17-35-27-30-29-26(31(27)21-10-6-5-7-11-21)20(3)34-24-13-9-8-12-23(24)33-4/h5-16,20H,17H2,1-4H3,(H,28,32). The maximum Gasteiger partial charge on any atom is 0.234 e. The van der Waals surface area contributed by atoms with Crippen LogP contribution in [0.3, 0.4) is 0 Å². The fraction of sp³-hybridized carbons (Fsp3) is 0.222.